The Morgan fingerprint density at radius 3 is 2.38 bits per heavy atom. The highest BCUT2D eigenvalue weighted by molar-refractivity contribution is 5.86. The minimum absolute atomic E-state index is 0.0106. The van der Waals surface area contributed by atoms with Crippen molar-refractivity contribution in [2.24, 2.45) is 0 Å². The quantitative estimate of drug-likeness (QED) is 0.232. The fraction of sp³-hybridized carbons (Fsp3) is 0.462. The maximum atomic E-state index is 12.8. The number of phenols is 2. The van der Waals surface area contributed by atoms with E-state index >= 15 is 0 Å². The van der Waals surface area contributed by atoms with Crippen LogP contribution in [0.4, 0.5) is 0 Å². The first-order valence-electron chi connectivity index (χ1n) is 11.7. The number of aryl methyl sites for hydroxylation is 1. The molecule has 6 N–H and O–H groups in total. The summed E-state index contributed by atoms with van der Waals surface area (Å²) >= 11 is 0. The van der Waals surface area contributed by atoms with Crippen LogP contribution >= 0.6 is 0 Å². The van der Waals surface area contributed by atoms with Crippen LogP contribution in [-0.2, 0) is 16.0 Å². The fourth-order valence-electron chi connectivity index (χ4n) is 3.93. The number of carboxylic acids is 1. The number of carbonyl (C=O) groups excluding carboxylic acids is 1. The van der Waals surface area contributed by atoms with Crippen molar-refractivity contribution in [3.8, 4) is 11.5 Å². The van der Waals surface area contributed by atoms with Gasteiger partial charge >= 0.3 is 5.97 Å². The van der Waals surface area contributed by atoms with Crippen molar-refractivity contribution in [3.05, 3.63) is 59.7 Å². The van der Waals surface area contributed by atoms with Crippen LogP contribution in [0.25, 0.3) is 0 Å². The molecule has 4 atom stereocenters. The Kier molecular flexibility index (Phi) is 10.8. The van der Waals surface area contributed by atoms with Gasteiger partial charge in [-0.15, -0.1) is 0 Å². The third kappa shape index (κ3) is 8.68. The number of aromatic hydroxyl groups is 2. The molecule has 3 unspecified atom stereocenters. The zero-order chi connectivity index (χ0) is 25.1. The van der Waals surface area contributed by atoms with Crippen LogP contribution in [-0.4, -0.2) is 57.0 Å². The van der Waals surface area contributed by atoms with Gasteiger partial charge in [0.15, 0.2) is 0 Å². The lowest BCUT2D eigenvalue weighted by atomic mass is 9.89. The lowest BCUT2D eigenvalue weighted by molar-refractivity contribution is -0.140. The second-order valence-corrected chi connectivity index (χ2v) is 8.64. The molecule has 186 valence electrons. The van der Waals surface area contributed by atoms with Crippen LogP contribution in [0.15, 0.2) is 48.5 Å². The van der Waals surface area contributed by atoms with Gasteiger partial charge in [0.1, 0.15) is 11.5 Å². The standard InChI is InChI=1S/C26H36N2O6/c1-3-18(19-8-5-4-6-9-19)14-23(30)17(2)28-26(34)22(16-25(32)33)27-13-7-10-20-11-12-21(29)15-24(20)31/h4-6,8-9,11-12,15,17-18,22-23,27,29-31H,3,7,10,13-14,16H2,1-2H3,(H,28,34)(H,32,33)/t17?,18?,22-,23?/m0/s1. The molecule has 0 saturated carbocycles. The van der Waals surface area contributed by atoms with Crippen LogP contribution in [0, 0.1) is 0 Å². The minimum Gasteiger partial charge on any atom is -0.508 e. The third-order valence-corrected chi connectivity index (χ3v) is 6.01. The molecule has 8 heteroatoms. The molecule has 2 rings (SSSR count). The first-order valence-corrected chi connectivity index (χ1v) is 11.7. The second kappa shape index (κ2) is 13.6. The van der Waals surface area contributed by atoms with Gasteiger partial charge < -0.3 is 31.1 Å². The van der Waals surface area contributed by atoms with Crippen LogP contribution in [0.2, 0.25) is 0 Å². The van der Waals surface area contributed by atoms with Gasteiger partial charge in [-0.3, -0.25) is 9.59 Å². The van der Waals surface area contributed by atoms with Crippen LogP contribution < -0.4 is 10.6 Å². The van der Waals surface area contributed by atoms with Crippen molar-refractivity contribution in [2.45, 2.75) is 70.1 Å². The zero-order valence-corrected chi connectivity index (χ0v) is 19.8. The van der Waals surface area contributed by atoms with Gasteiger partial charge in [-0.05, 0) is 62.3 Å². The number of nitrogens with one attached hydrogen (secondary N) is 2. The number of aliphatic carboxylic acids is 1. The van der Waals surface area contributed by atoms with Gasteiger partial charge in [0, 0.05) is 6.07 Å². The number of hydrogen-bond donors (Lipinski definition) is 6. The van der Waals surface area contributed by atoms with E-state index in [-0.39, 0.29) is 23.8 Å². The average Bonchev–Trinajstić information content (AvgIpc) is 2.80. The van der Waals surface area contributed by atoms with Crippen molar-refractivity contribution in [1.82, 2.24) is 10.6 Å². The molecule has 0 aliphatic carbocycles. The second-order valence-electron chi connectivity index (χ2n) is 8.64. The molecule has 0 bridgehead atoms. The summed E-state index contributed by atoms with van der Waals surface area (Å²) in [5.41, 5.74) is 1.78. The summed E-state index contributed by atoms with van der Waals surface area (Å²) in [6.07, 6.45) is 1.21. The van der Waals surface area contributed by atoms with Crippen molar-refractivity contribution < 1.29 is 30.0 Å². The number of aliphatic hydroxyl groups excluding tert-OH is 1. The summed E-state index contributed by atoms with van der Waals surface area (Å²) in [5.74, 6) is -1.47. The largest absolute Gasteiger partial charge is 0.508 e. The summed E-state index contributed by atoms with van der Waals surface area (Å²) in [7, 11) is 0. The van der Waals surface area contributed by atoms with E-state index in [4.69, 9.17) is 0 Å². The van der Waals surface area contributed by atoms with E-state index in [1.807, 2.05) is 30.3 Å². The molecule has 0 fully saturated rings. The number of phenolic OH excluding ortho intramolecular Hbond substituents is 2. The third-order valence-electron chi connectivity index (χ3n) is 6.01. The number of benzene rings is 2. The number of carboxylic acid groups (broad SMARTS) is 1. The summed E-state index contributed by atoms with van der Waals surface area (Å²) < 4.78 is 0. The fourth-order valence-corrected chi connectivity index (χ4v) is 3.93. The van der Waals surface area contributed by atoms with E-state index in [1.165, 1.54) is 12.1 Å². The molecule has 1 amide bonds. The topological polar surface area (TPSA) is 139 Å². The average molecular weight is 473 g/mol. The van der Waals surface area contributed by atoms with Gasteiger partial charge in [-0.2, -0.15) is 0 Å². The Morgan fingerprint density at radius 1 is 1.06 bits per heavy atom. The van der Waals surface area contributed by atoms with E-state index in [9.17, 15) is 30.0 Å². The van der Waals surface area contributed by atoms with Gasteiger partial charge in [-0.25, -0.2) is 0 Å². The van der Waals surface area contributed by atoms with Crippen LogP contribution in [0.1, 0.15) is 56.6 Å². The monoisotopic (exact) mass is 472 g/mol. The number of aliphatic hydroxyl groups is 1. The SMILES string of the molecule is CCC(CC(O)C(C)NC(=O)[C@H](CC(=O)O)NCCCc1ccc(O)cc1O)c1ccccc1. The minimum atomic E-state index is -1.10. The maximum Gasteiger partial charge on any atom is 0.305 e. The summed E-state index contributed by atoms with van der Waals surface area (Å²) in [6.45, 7) is 4.12. The molecule has 0 heterocycles. The van der Waals surface area contributed by atoms with Crippen molar-refractivity contribution in [1.29, 1.82) is 0 Å². The molecule has 34 heavy (non-hydrogen) atoms. The van der Waals surface area contributed by atoms with Crippen molar-refractivity contribution in [2.75, 3.05) is 6.54 Å². The van der Waals surface area contributed by atoms with E-state index in [0.717, 1.165) is 12.0 Å². The first-order chi connectivity index (χ1) is 16.2. The lowest BCUT2D eigenvalue weighted by Crippen LogP contribution is -2.51. The predicted molar refractivity (Wildman–Crippen MR) is 130 cm³/mol. The highest BCUT2D eigenvalue weighted by Gasteiger charge is 2.26. The zero-order valence-electron chi connectivity index (χ0n) is 19.8. The molecule has 0 radical (unpaired) electrons. The van der Waals surface area contributed by atoms with E-state index in [2.05, 4.69) is 17.6 Å². The smallest absolute Gasteiger partial charge is 0.305 e. The summed E-state index contributed by atoms with van der Waals surface area (Å²) in [5, 5.41) is 44.9. The molecular weight excluding hydrogens is 436 g/mol. The molecule has 2 aromatic carbocycles. The molecule has 0 spiro atoms. The molecule has 2 aromatic rings. The van der Waals surface area contributed by atoms with Gasteiger partial charge in [-0.1, -0.05) is 43.3 Å². The Bertz CT molecular complexity index is 921. The molecule has 0 aromatic heterocycles. The van der Waals surface area contributed by atoms with Gasteiger partial charge in [0.2, 0.25) is 5.91 Å². The van der Waals surface area contributed by atoms with Crippen LogP contribution in [0.5, 0.6) is 11.5 Å². The van der Waals surface area contributed by atoms with E-state index < -0.39 is 30.1 Å². The van der Waals surface area contributed by atoms with Crippen molar-refractivity contribution >= 4 is 11.9 Å². The molecule has 8 nitrogen and oxygen atoms in total. The van der Waals surface area contributed by atoms with Gasteiger partial charge in [0.25, 0.3) is 0 Å². The number of hydrogen-bond acceptors (Lipinski definition) is 6. The molecule has 0 aliphatic rings. The molecule has 0 saturated heterocycles. The Labute approximate surface area is 200 Å². The Morgan fingerprint density at radius 2 is 1.76 bits per heavy atom. The summed E-state index contributed by atoms with van der Waals surface area (Å²) in [4.78, 5) is 24.0. The lowest BCUT2D eigenvalue weighted by Gasteiger charge is -2.26. The normalized spacial score (nSPS) is 14.7. The first kappa shape index (κ1) is 27.1. The molecular formula is C26H36N2O6. The van der Waals surface area contributed by atoms with Gasteiger partial charge in [0.05, 0.1) is 24.6 Å². The Hall–Kier alpha value is -3.10. The summed E-state index contributed by atoms with van der Waals surface area (Å²) in [6, 6.07) is 12.8. The highest BCUT2D eigenvalue weighted by Crippen LogP contribution is 2.26. The maximum absolute atomic E-state index is 12.8. The Balaban J connectivity index is 1.88. The number of carbonyl (C=O) groups is 2. The van der Waals surface area contributed by atoms with E-state index in [0.29, 0.717) is 31.4 Å². The molecule has 0 aliphatic heterocycles. The highest BCUT2D eigenvalue weighted by atomic mass is 16.4. The van der Waals surface area contributed by atoms with Crippen molar-refractivity contribution in [3.63, 3.8) is 0 Å². The predicted octanol–water partition coefficient (Wildman–Crippen LogP) is 2.91. The number of amides is 1. The van der Waals surface area contributed by atoms with Crippen LogP contribution in [0.3, 0.4) is 0 Å². The van der Waals surface area contributed by atoms with E-state index in [1.54, 1.807) is 13.0 Å². The number of rotatable bonds is 14.